The van der Waals surface area contributed by atoms with E-state index in [2.05, 4.69) is 42.2 Å². The first-order chi connectivity index (χ1) is 8.78. The summed E-state index contributed by atoms with van der Waals surface area (Å²) in [5, 5.41) is 5.74. The predicted octanol–water partition coefficient (Wildman–Crippen LogP) is 3.16. The van der Waals surface area contributed by atoms with Crippen LogP contribution >= 0.6 is 0 Å². The maximum absolute atomic E-state index is 5.30. The van der Waals surface area contributed by atoms with Crippen LogP contribution in [-0.4, -0.2) is 20.2 Å². The molecule has 0 spiro atoms. The van der Waals surface area contributed by atoms with E-state index >= 15 is 0 Å². The van der Waals surface area contributed by atoms with E-state index in [1.54, 1.807) is 7.11 Å². The SMILES string of the molecule is C=CC(Cc1cccc2ccc(OC)cc12)NC. The van der Waals surface area contributed by atoms with Gasteiger partial charge in [0.25, 0.3) is 0 Å². The average molecular weight is 241 g/mol. The van der Waals surface area contributed by atoms with Crippen molar-refractivity contribution in [2.45, 2.75) is 12.5 Å². The van der Waals surface area contributed by atoms with Gasteiger partial charge in [-0.15, -0.1) is 6.58 Å². The Morgan fingerprint density at radius 1 is 1.33 bits per heavy atom. The van der Waals surface area contributed by atoms with E-state index in [1.807, 2.05) is 19.2 Å². The first-order valence-electron chi connectivity index (χ1n) is 6.14. The number of likely N-dealkylation sites (N-methyl/N-ethyl adjacent to an activating group) is 1. The first-order valence-corrected chi connectivity index (χ1v) is 6.14. The zero-order valence-corrected chi connectivity index (χ0v) is 10.9. The number of benzene rings is 2. The summed E-state index contributed by atoms with van der Waals surface area (Å²) < 4.78 is 5.30. The van der Waals surface area contributed by atoms with E-state index in [0.29, 0.717) is 6.04 Å². The molecule has 0 bridgehead atoms. The van der Waals surface area contributed by atoms with Crippen LogP contribution in [0, 0.1) is 0 Å². The van der Waals surface area contributed by atoms with Crippen LogP contribution in [0.2, 0.25) is 0 Å². The quantitative estimate of drug-likeness (QED) is 0.812. The first kappa shape index (κ1) is 12.7. The van der Waals surface area contributed by atoms with Crippen molar-refractivity contribution in [2.24, 2.45) is 0 Å². The van der Waals surface area contributed by atoms with Gasteiger partial charge < -0.3 is 10.1 Å². The molecule has 18 heavy (non-hydrogen) atoms. The summed E-state index contributed by atoms with van der Waals surface area (Å²) in [6.07, 6.45) is 2.88. The van der Waals surface area contributed by atoms with Crippen molar-refractivity contribution in [3.05, 3.63) is 54.6 Å². The van der Waals surface area contributed by atoms with Gasteiger partial charge >= 0.3 is 0 Å². The van der Waals surface area contributed by atoms with Crippen LogP contribution in [0.15, 0.2) is 49.1 Å². The molecule has 0 saturated heterocycles. The van der Waals surface area contributed by atoms with Gasteiger partial charge in [0, 0.05) is 6.04 Å². The summed E-state index contributed by atoms with van der Waals surface area (Å²) in [6, 6.07) is 12.9. The molecule has 0 aliphatic rings. The molecule has 94 valence electrons. The summed E-state index contributed by atoms with van der Waals surface area (Å²) in [5.74, 6) is 0.898. The number of hydrogen-bond donors (Lipinski definition) is 1. The molecule has 0 aromatic heterocycles. The molecule has 0 heterocycles. The van der Waals surface area contributed by atoms with Gasteiger partial charge in [-0.25, -0.2) is 0 Å². The van der Waals surface area contributed by atoms with Gasteiger partial charge in [0.1, 0.15) is 5.75 Å². The fourth-order valence-electron chi connectivity index (χ4n) is 2.16. The Morgan fingerprint density at radius 3 is 2.83 bits per heavy atom. The number of hydrogen-bond acceptors (Lipinski definition) is 2. The molecular formula is C16H19NO. The lowest BCUT2D eigenvalue weighted by Gasteiger charge is -2.13. The van der Waals surface area contributed by atoms with Crippen LogP contribution in [-0.2, 0) is 6.42 Å². The van der Waals surface area contributed by atoms with Crippen molar-refractivity contribution in [1.29, 1.82) is 0 Å². The van der Waals surface area contributed by atoms with E-state index in [-0.39, 0.29) is 0 Å². The van der Waals surface area contributed by atoms with Crippen LogP contribution in [0.5, 0.6) is 5.75 Å². The second kappa shape index (κ2) is 5.69. The highest BCUT2D eigenvalue weighted by atomic mass is 16.5. The van der Waals surface area contributed by atoms with E-state index in [4.69, 9.17) is 4.74 Å². The Labute approximate surface area is 108 Å². The maximum Gasteiger partial charge on any atom is 0.119 e. The van der Waals surface area contributed by atoms with Gasteiger partial charge in [-0.1, -0.05) is 30.3 Å². The number of ether oxygens (including phenoxy) is 1. The lowest BCUT2D eigenvalue weighted by atomic mass is 9.98. The van der Waals surface area contributed by atoms with Crippen molar-refractivity contribution in [2.75, 3.05) is 14.2 Å². The molecule has 2 rings (SSSR count). The lowest BCUT2D eigenvalue weighted by Crippen LogP contribution is -2.24. The molecule has 1 atom stereocenters. The van der Waals surface area contributed by atoms with Crippen LogP contribution in [0.1, 0.15) is 5.56 Å². The van der Waals surface area contributed by atoms with Gasteiger partial charge in [0.15, 0.2) is 0 Å². The largest absolute Gasteiger partial charge is 0.497 e. The van der Waals surface area contributed by atoms with Crippen LogP contribution in [0.3, 0.4) is 0 Å². The average Bonchev–Trinajstić information content (AvgIpc) is 2.44. The zero-order valence-electron chi connectivity index (χ0n) is 10.9. The molecule has 0 aliphatic heterocycles. The molecule has 2 aromatic carbocycles. The third-order valence-corrected chi connectivity index (χ3v) is 3.27. The zero-order chi connectivity index (χ0) is 13.0. The highest BCUT2D eigenvalue weighted by Crippen LogP contribution is 2.25. The standard InChI is InChI=1S/C16H19NO/c1-4-14(17-2)10-13-7-5-6-12-8-9-15(18-3)11-16(12)13/h4-9,11,14,17H,1,10H2,2-3H3. The summed E-state index contributed by atoms with van der Waals surface area (Å²) in [6.45, 7) is 3.85. The Hall–Kier alpha value is -1.80. The molecule has 2 heteroatoms. The molecule has 1 unspecified atom stereocenters. The number of methoxy groups -OCH3 is 1. The molecule has 0 radical (unpaired) electrons. The number of rotatable bonds is 5. The fourth-order valence-corrected chi connectivity index (χ4v) is 2.16. The van der Waals surface area contributed by atoms with Crippen molar-refractivity contribution in [3.63, 3.8) is 0 Å². The number of nitrogens with one attached hydrogen (secondary N) is 1. The Balaban J connectivity index is 2.45. The smallest absolute Gasteiger partial charge is 0.119 e. The van der Waals surface area contributed by atoms with E-state index in [9.17, 15) is 0 Å². The Morgan fingerprint density at radius 2 is 2.17 bits per heavy atom. The summed E-state index contributed by atoms with van der Waals surface area (Å²) in [5.41, 5.74) is 1.31. The molecule has 0 fully saturated rings. The summed E-state index contributed by atoms with van der Waals surface area (Å²) in [4.78, 5) is 0. The lowest BCUT2D eigenvalue weighted by molar-refractivity contribution is 0.415. The number of fused-ring (bicyclic) bond motifs is 1. The van der Waals surface area contributed by atoms with E-state index in [0.717, 1.165) is 12.2 Å². The highest BCUT2D eigenvalue weighted by molar-refractivity contribution is 5.87. The van der Waals surface area contributed by atoms with Crippen LogP contribution < -0.4 is 10.1 Å². The van der Waals surface area contributed by atoms with Gasteiger partial charge in [0.05, 0.1) is 7.11 Å². The molecule has 0 amide bonds. The monoisotopic (exact) mass is 241 g/mol. The maximum atomic E-state index is 5.30. The molecule has 0 saturated carbocycles. The second-order valence-electron chi connectivity index (χ2n) is 4.34. The minimum Gasteiger partial charge on any atom is -0.497 e. The third kappa shape index (κ3) is 2.54. The topological polar surface area (TPSA) is 21.3 Å². The third-order valence-electron chi connectivity index (χ3n) is 3.27. The second-order valence-corrected chi connectivity index (χ2v) is 4.34. The van der Waals surface area contributed by atoms with Gasteiger partial charge in [-0.3, -0.25) is 0 Å². The van der Waals surface area contributed by atoms with E-state index < -0.39 is 0 Å². The van der Waals surface area contributed by atoms with Gasteiger partial charge in [0.2, 0.25) is 0 Å². The minimum atomic E-state index is 0.293. The van der Waals surface area contributed by atoms with Crippen LogP contribution in [0.25, 0.3) is 10.8 Å². The van der Waals surface area contributed by atoms with Crippen molar-refractivity contribution >= 4 is 10.8 Å². The van der Waals surface area contributed by atoms with Gasteiger partial charge in [-0.05, 0) is 41.9 Å². The Bertz CT molecular complexity index is 548. The summed E-state index contributed by atoms with van der Waals surface area (Å²) >= 11 is 0. The highest BCUT2D eigenvalue weighted by Gasteiger charge is 2.07. The van der Waals surface area contributed by atoms with Crippen molar-refractivity contribution in [3.8, 4) is 5.75 Å². The normalized spacial score (nSPS) is 12.3. The molecule has 2 aromatic rings. The van der Waals surface area contributed by atoms with E-state index in [1.165, 1.54) is 16.3 Å². The minimum absolute atomic E-state index is 0.293. The predicted molar refractivity (Wildman–Crippen MR) is 77.2 cm³/mol. The molecule has 0 aliphatic carbocycles. The Kier molecular flexibility index (Phi) is 4.00. The molecule has 2 nitrogen and oxygen atoms in total. The summed E-state index contributed by atoms with van der Waals surface area (Å²) in [7, 11) is 3.65. The van der Waals surface area contributed by atoms with Crippen molar-refractivity contribution in [1.82, 2.24) is 5.32 Å². The van der Waals surface area contributed by atoms with Crippen molar-refractivity contribution < 1.29 is 4.74 Å². The fraction of sp³-hybridized carbons (Fsp3) is 0.250. The van der Waals surface area contributed by atoms with Crippen LogP contribution in [0.4, 0.5) is 0 Å². The molecule has 1 N–H and O–H groups in total. The molecular weight excluding hydrogens is 222 g/mol. The van der Waals surface area contributed by atoms with Gasteiger partial charge in [-0.2, -0.15) is 0 Å².